The van der Waals surface area contributed by atoms with E-state index in [1.165, 1.54) is 25.6 Å². The third-order valence-corrected chi connectivity index (χ3v) is 10.8. The van der Waals surface area contributed by atoms with Crippen molar-refractivity contribution in [2.75, 3.05) is 25.1 Å². The molecule has 0 fully saturated rings. The molecular weight excluding hydrogens is 871 g/mol. The maximum absolute atomic E-state index is 13.7. The summed E-state index contributed by atoms with van der Waals surface area (Å²) in [6.07, 6.45) is 1.52. The quantitative estimate of drug-likeness (QED) is 0.0296. The number of nitrogens with two attached hydrogens (primary N) is 3. The number of carbonyl (C=O) groups is 10. The first-order valence-electron chi connectivity index (χ1n) is 21.8. The van der Waals surface area contributed by atoms with E-state index in [2.05, 4.69) is 42.5 Å². The van der Waals surface area contributed by atoms with Gasteiger partial charge in [-0.25, -0.2) is 0 Å². The normalized spacial score (nSPS) is 15.8. The Morgan fingerprint density at radius 1 is 0.631 bits per heavy atom. The van der Waals surface area contributed by atoms with E-state index in [0.29, 0.717) is 31.4 Å². The molecule has 0 unspecified atom stereocenters. The Morgan fingerprint density at radius 2 is 1.17 bits per heavy atom. The molecule has 10 atom stereocenters. The lowest BCUT2D eigenvalue weighted by molar-refractivity contribution is -0.142. The minimum Gasteiger partial charge on any atom is -0.480 e. The van der Waals surface area contributed by atoms with Gasteiger partial charge in [-0.05, 0) is 82.3 Å². The topological polar surface area (TPSA) is 385 Å². The first-order chi connectivity index (χ1) is 30.3. The van der Waals surface area contributed by atoms with Crippen LogP contribution in [0.2, 0.25) is 0 Å². The van der Waals surface area contributed by atoms with Crippen molar-refractivity contribution in [1.82, 2.24) is 42.5 Å². The van der Waals surface area contributed by atoms with E-state index in [1.807, 2.05) is 13.2 Å². The van der Waals surface area contributed by atoms with Gasteiger partial charge in [0.25, 0.3) is 0 Å². The number of amides is 9. The van der Waals surface area contributed by atoms with Gasteiger partial charge in [-0.2, -0.15) is 11.8 Å². The maximum atomic E-state index is 13.7. The average Bonchev–Trinajstić information content (AvgIpc) is 3.22. The molecule has 0 aromatic heterocycles. The number of aliphatic hydroxyl groups is 1. The zero-order valence-corrected chi connectivity index (χ0v) is 39.9. The number of unbranched alkanes of at least 4 members (excludes halogenated alkanes) is 1. The fraction of sp³-hybridized carbons (Fsp3) is 0.756. The highest BCUT2D eigenvalue weighted by molar-refractivity contribution is 7.98. The number of aliphatic carboxylic acids is 1. The second-order valence-electron chi connectivity index (χ2n) is 16.8. The fourth-order valence-corrected chi connectivity index (χ4v) is 6.57. The van der Waals surface area contributed by atoms with Crippen LogP contribution >= 0.6 is 11.8 Å². The largest absolute Gasteiger partial charge is 0.480 e. The zero-order valence-electron chi connectivity index (χ0n) is 39.1. The van der Waals surface area contributed by atoms with Crippen LogP contribution in [0.3, 0.4) is 0 Å². The number of carboxylic acids is 1. The van der Waals surface area contributed by atoms with Crippen LogP contribution in [0.25, 0.3) is 0 Å². The van der Waals surface area contributed by atoms with Gasteiger partial charge in [0.15, 0.2) is 0 Å². The molecule has 0 radical (unpaired) electrons. The van der Waals surface area contributed by atoms with Gasteiger partial charge in [0.2, 0.25) is 53.2 Å². The molecule has 0 bridgehead atoms. The van der Waals surface area contributed by atoms with Gasteiger partial charge < -0.3 is 69.9 Å². The van der Waals surface area contributed by atoms with Crippen molar-refractivity contribution < 1.29 is 58.2 Å². The Labute approximate surface area is 385 Å². The summed E-state index contributed by atoms with van der Waals surface area (Å²) in [4.78, 5) is 130. The molecule has 0 aromatic rings. The maximum Gasteiger partial charge on any atom is 0.325 e. The molecule has 9 amide bonds. The second kappa shape index (κ2) is 31.0. The van der Waals surface area contributed by atoms with Crippen LogP contribution in [0.15, 0.2) is 0 Å². The summed E-state index contributed by atoms with van der Waals surface area (Å²) in [6.45, 7) is 12.3. The van der Waals surface area contributed by atoms with Gasteiger partial charge in [-0.3, -0.25) is 47.9 Å². The van der Waals surface area contributed by atoms with Crippen molar-refractivity contribution in [3.05, 3.63) is 0 Å². The Kier molecular flexibility index (Phi) is 28.5. The highest BCUT2D eigenvalue weighted by Crippen LogP contribution is 2.13. The monoisotopic (exact) mass is 946 g/mol. The summed E-state index contributed by atoms with van der Waals surface area (Å²) in [7, 11) is 0. The first kappa shape index (κ1) is 59.9. The molecule has 0 saturated carbocycles. The van der Waals surface area contributed by atoms with Crippen LogP contribution in [0.1, 0.15) is 100 Å². The number of nitrogens with one attached hydrogen (secondary N) is 8. The third kappa shape index (κ3) is 23.1. The van der Waals surface area contributed by atoms with Gasteiger partial charge in [0.05, 0.1) is 25.1 Å². The highest BCUT2D eigenvalue weighted by Gasteiger charge is 2.36. The summed E-state index contributed by atoms with van der Waals surface area (Å²) < 4.78 is 0. The van der Waals surface area contributed by atoms with E-state index >= 15 is 0 Å². The number of carboxylic acid groups (broad SMARTS) is 1. The molecule has 0 heterocycles. The number of hydrogen-bond acceptors (Lipinski definition) is 14. The minimum atomic E-state index is -1.63. The average molecular weight is 946 g/mol. The molecule has 372 valence electrons. The number of primary amides is 1. The van der Waals surface area contributed by atoms with Crippen molar-refractivity contribution in [3.8, 4) is 0 Å². The second-order valence-corrected chi connectivity index (χ2v) is 17.8. The van der Waals surface area contributed by atoms with Crippen LogP contribution in [0, 0.1) is 17.8 Å². The number of thioether (sulfide) groups is 1. The van der Waals surface area contributed by atoms with E-state index in [-0.39, 0.29) is 31.2 Å². The van der Waals surface area contributed by atoms with Crippen LogP contribution < -0.4 is 59.7 Å². The molecule has 0 rings (SSSR count). The smallest absolute Gasteiger partial charge is 0.325 e. The summed E-state index contributed by atoms with van der Waals surface area (Å²) >= 11 is 1.52. The first-order valence-corrected chi connectivity index (χ1v) is 23.2. The van der Waals surface area contributed by atoms with E-state index in [1.54, 1.807) is 34.6 Å². The molecule has 0 saturated heterocycles. The van der Waals surface area contributed by atoms with Gasteiger partial charge in [-0.1, -0.05) is 48.0 Å². The molecule has 0 aromatic carbocycles. The molecule has 0 spiro atoms. The van der Waals surface area contributed by atoms with Crippen molar-refractivity contribution in [2.24, 2.45) is 35.0 Å². The Balaban J connectivity index is 6.03. The van der Waals surface area contributed by atoms with Crippen molar-refractivity contribution >= 4 is 70.9 Å². The molecule has 0 aliphatic carbocycles. The van der Waals surface area contributed by atoms with Crippen molar-refractivity contribution in [1.29, 1.82) is 0 Å². The number of aliphatic hydroxyl groups excluding tert-OH is 1. The van der Waals surface area contributed by atoms with Crippen LogP contribution in [-0.4, -0.2) is 149 Å². The summed E-state index contributed by atoms with van der Waals surface area (Å²) in [5.41, 5.74) is 16.9. The highest BCUT2D eigenvalue weighted by atomic mass is 32.2. The summed E-state index contributed by atoms with van der Waals surface area (Å²) in [5, 5.41) is 39.4. The molecule has 65 heavy (non-hydrogen) atoms. The lowest BCUT2D eigenvalue weighted by Gasteiger charge is -2.30. The Hall–Kier alpha value is -5.07. The van der Waals surface area contributed by atoms with E-state index in [0.717, 1.165) is 0 Å². The summed E-state index contributed by atoms with van der Waals surface area (Å²) in [5.74, 6) is -9.48. The SMILES string of the molecule is CC[C@H](C)[C@H](NC(=O)[C@@H](N)CCSC)C(=O)N[C@@H](CC(C)C)C(=O)N[C@H](C(=O)N[C@H](C(=O)NCC(=O)N[C@@H](CC(N)=O)C(=O)N[C@@H](CCCCN)C(=O)N[C@@H](C)C(=O)O)C(C)C)[C@@H](C)O. The van der Waals surface area contributed by atoms with Gasteiger partial charge in [0.1, 0.15) is 42.3 Å². The molecular formula is C41H75N11O12S. The third-order valence-electron chi connectivity index (χ3n) is 10.2. The Morgan fingerprint density at radius 3 is 1.68 bits per heavy atom. The molecule has 23 nitrogen and oxygen atoms in total. The van der Waals surface area contributed by atoms with Crippen molar-refractivity contribution in [2.45, 2.75) is 155 Å². The predicted octanol–water partition coefficient (Wildman–Crippen LogP) is -3.19. The predicted molar refractivity (Wildman–Crippen MR) is 243 cm³/mol. The molecule has 0 aliphatic heterocycles. The number of carbonyl (C=O) groups excluding carboxylic acids is 9. The lowest BCUT2D eigenvalue weighted by Crippen LogP contribution is -2.62. The minimum absolute atomic E-state index is 0.0415. The Bertz CT molecular complexity index is 1620. The summed E-state index contributed by atoms with van der Waals surface area (Å²) in [6, 6.07) is -10.3. The van der Waals surface area contributed by atoms with Crippen LogP contribution in [-0.2, 0) is 47.9 Å². The van der Waals surface area contributed by atoms with E-state index in [9.17, 15) is 58.2 Å². The molecule has 0 aliphatic rings. The zero-order chi connectivity index (χ0) is 50.1. The molecule has 24 heteroatoms. The van der Waals surface area contributed by atoms with Crippen LogP contribution in [0.4, 0.5) is 0 Å². The van der Waals surface area contributed by atoms with E-state index < -0.39 is 132 Å². The standard InChI is InChI=1S/C41H75N11O12S/c1-10-22(6)32(51-34(56)25(43)14-16-65-9)39(61)49-27(17-20(2)3)37(59)52-33(24(8)53)40(62)50-31(21(4)5)38(60)45-19-30(55)47-28(18-29(44)54)36(58)48-26(13-11-12-15-42)35(57)46-23(7)41(63)64/h20-28,31-33,53H,10-19,42-43H2,1-9H3,(H2,44,54)(H,45,60)(H,46,57)(H,47,55)(H,48,58)(H,49,61)(H,50,62)(H,51,56)(H,52,59)(H,63,64)/t22-,23-,24+,25-,26-,27-,28-,31-,32-,33-/m0/s1. The van der Waals surface area contributed by atoms with Gasteiger partial charge in [-0.15, -0.1) is 0 Å². The fourth-order valence-electron chi connectivity index (χ4n) is 6.08. The van der Waals surface area contributed by atoms with Crippen LogP contribution in [0.5, 0.6) is 0 Å². The molecule has 16 N–H and O–H groups in total. The van der Waals surface area contributed by atoms with E-state index in [4.69, 9.17) is 17.2 Å². The van der Waals surface area contributed by atoms with Gasteiger partial charge in [0, 0.05) is 0 Å². The number of hydrogen-bond donors (Lipinski definition) is 13. The van der Waals surface area contributed by atoms with Crippen molar-refractivity contribution in [3.63, 3.8) is 0 Å². The van der Waals surface area contributed by atoms with Gasteiger partial charge >= 0.3 is 5.97 Å². The lowest BCUT2D eigenvalue weighted by atomic mass is 9.96. The number of rotatable bonds is 32.